The van der Waals surface area contributed by atoms with Gasteiger partial charge < -0.3 is 24.4 Å². The standard InChI is InChI=1S/C26H24ClFN2O5/c1-30-14-19(35-24-6-4-3-5-23(24)30)15-34-18-8-9-20(21(27)13-18)26(32)29-17-7-10-22(28)16(11-17)12-25(31)33-2/h3-11,13,19H,12,14-15H2,1-2H3,(H,29,32)/t19-/m0/s1. The van der Waals surface area contributed by atoms with Gasteiger partial charge in [0, 0.05) is 18.3 Å². The smallest absolute Gasteiger partial charge is 0.310 e. The molecule has 182 valence electrons. The van der Waals surface area contributed by atoms with Gasteiger partial charge in [0.2, 0.25) is 0 Å². The minimum atomic E-state index is -0.583. The Hall–Kier alpha value is -3.78. The molecular weight excluding hydrogens is 475 g/mol. The van der Waals surface area contributed by atoms with Gasteiger partial charge in [-0.25, -0.2) is 4.39 Å². The minimum Gasteiger partial charge on any atom is -0.490 e. The molecule has 9 heteroatoms. The molecule has 1 aliphatic rings. The van der Waals surface area contributed by atoms with Crippen molar-refractivity contribution in [3.8, 4) is 11.5 Å². The van der Waals surface area contributed by atoms with Crippen LogP contribution in [-0.4, -0.2) is 45.3 Å². The Bertz CT molecular complexity index is 1250. The number of fused-ring (bicyclic) bond motifs is 1. The summed E-state index contributed by atoms with van der Waals surface area (Å²) in [6, 6.07) is 16.5. The third-order valence-corrected chi connectivity index (χ3v) is 5.85. The first-order valence-corrected chi connectivity index (χ1v) is 11.3. The van der Waals surface area contributed by atoms with Crippen LogP contribution in [0.5, 0.6) is 11.5 Å². The predicted molar refractivity (Wildman–Crippen MR) is 131 cm³/mol. The number of nitrogens with one attached hydrogen (secondary N) is 1. The van der Waals surface area contributed by atoms with Crippen LogP contribution < -0.4 is 19.7 Å². The number of hydrogen-bond donors (Lipinski definition) is 1. The summed E-state index contributed by atoms with van der Waals surface area (Å²) < 4.78 is 30.4. The van der Waals surface area contributed by atoms with Gasteiger partial charge in [-0.1, -0.05) is 23.7 Å². The van der Waals surface area contributed by atoms with Gasteiger partial charge in [0.05, 0.1) is 36.3 Å². The maximum absolute atomic E-state index is 14.0. The highest BCUT2D eigenvalue weighted by Gasteiger charge is 2.24. The van der Waals surface area contributed by atoms with Crippen LogP contribution in [0.4, 0.5) is 15.8 Å². The molecule has 1 N–H and O–H groups in total. The van der Waals surface area contributed by atoms with Crippen LogP contribution in [0.3, 0.4) is 0 Å². The molecule has 1 heterocycles. The molecule has 1 aliphatic heterocycles. The molecule has 1 amide bonds. The van der Waals surface area contributed by atoms with E-state index in [1.807, 2.05) is 31.3 Å². The number of para-hydroxylation sites is 2. The molecule has 0 spiro atoms. The van der Waals surface area contributed by atoms with Crippen molar-refractivity contribution in [2.45, 2.75) is 12.5 Å². The van der Waals surface area contributed by atoms with E-state index in [0.717, 1.165) is 11.4 Å². The van der Waals surface area contributed by atoms with Crippen molar-refractivity contribution in [1.29, 1.82) is 0 Å². The summed E-state index contributed by atoms with van der Waals surface area (Å²) in [7, 11) is 3.22. The summed E-state index contributed by atoms with van der Waals surface area (Å²) >= 11 is 6.34. The average molecular weight is 499 g/mol. The highest BCUT2D eigenvalue weighted by molar-refractivity contribution is 6.34. The number of carbonyl (C=O) groups is 2. The SMILES string of the molecule is COC(=O)Cc1cc(NC(=O)c2ccc(OC[C@@H]3CN(C)c4ccccc4O3)cc2Cl)ccc1F. The second-order valence-electron chi connectivity index (χ2n) is 8.05. The number of likely N-dealkylation sites (N-methyl/N-ethyl adjacent to an activating group) is 1. The van der Waals surface area contributed by atoms with Crippen LogP contribution in [0.2, 0.25) is 5.02 Å². The van der Waals surface area contributed by atoms with Crippen molar-refractivity contribution in [3.05, 3.63) is 82.6 Å². The first kappa shape index (κ1) is 24.3. The molecule has 4 rings (SSSR count). The van der Waals surface area contributed by atoms with Gasteiger partial charge in [-0.2, -0.15) is 0 Å². The summed E-state index contributed by atoms with van der Waals surface area (Å²) in [5.41, 5.74) is 1.69. The summed E-state index contributed by atoms with van der Waals surface area (Å²) in [5, 5.41) is 2.86. The van der Waals surface area contributed by atoms with E-state index in [0.29, 0.717) is 24.6 Å². The molecule has 0 radical (unpaired) electrons. The number of amides is 1. The van der Waals surface area contributed by atoms with E-state index in [9.17, 15) is 14.0 Å². The van der Waals surface area contributed by atoms with E-state index in [-0.39, 0.29) is 28.7 Å². The number of esters is 1. The van der Waals surface area contributed by atoms with Crippen LogP contribution in [0.15, 0.2) is 60.7 Å². The quantitative estimate of drug-likeness (QED) is 0.475. The van der Waals surface area contributed by atoms with Gasteiger partial charge in [0.1, 0.15) is 30.0 Å². The molecule has 0 saturated heterocycles. The topological polar surface area (TPSA) is 77.1 Å². The fraction of sp³-hybridized carbons (Fsp3) is 0.231. The Morgan fingerprint density at radius 2 is 1.97 bits per heavy atom. The highest BCUT2D eigenvalue weighted by atomic mass is 35.5. The van der Waals surface area contributed by atoms with Crippen LogP contribution >= 0.6 is 11.6 Å². The maximum atomic E-state index is 14.0. The van der Waals surface area contributed by atoms with Gasteiger partial charge in [0.25, 0.3) is 5.91 Å². The average Bonchev–Trinajstić information content (AvgIpc) is 2.84. The van der Waals surface area contributed by atoms with Crippen LogP contribution in [-0.2, 0) is 16.0 Å². The zero-order valence-electron chi connectivity index (χ0n) is 19.2. The normalized spacial score (nSPS) is 14.5. The van der Waals surface area contributed by atoms with Crippen molar-refractivity contribution in [3.63, 3.8) is 0 Å². The van der Waals surface area contributed by atoms with Crippen molar-refractivity contribution in [1.82, 2.24) is 0 Å². The lowest BCUT2D eigenvalue weighted by atomic mass is 10.1. The van der Waals surface area contributed by atoms with Crippen LogP contribution in [0.25, 0.3) is 0 Å². The molecule has 3 aromatic rings. The molecule has 0 unspecified atom stereocenters. The lowest BCUT2D eigenvalue weighted by Crippen LogP contribution is -2.41. The number of ether oxygens (including phenoxy) is 3. The van der Waals surface area contributed by atoms with Crippen molar-refractivity contribution < 1.29 is 28.2 Å². The molecule has 1 atom stereocenters. The number of anilines is 2. The Labute approximate surface area is 207 Å². The molecule has 0 saturated carbocycles. The van der Waals surface area contributed by atoms with Gasteiger partial charge in [-0.3, -0.25) is 9.59 Å². The molecule has 0 fully saturated rings. The zero-order valence-corrected chi connectivity index (χ0v) is 20.0. The van der Waals surface area contributed by atoms with Gasteiger partial charge >= 0.3 is 5.97 Å². The number of benzene rings is 3. The lowest BCUT2D eigenvalue weighted by Gasteiger charge is -2.33. The van der Waals surface area contributed by atoms with Gasteiger partial charge in [0.15, 0.2) is 0 Å². The Morgan fingerprint density at radius 1 is 1.17 bits per heavy atom. The van der Waals surface area contributed by atoms with Crippen molar-refractivity contribution in [2.24, 2.45) is 0 Å². The van der Waals surface area contributed by atoms with E-state index >= 15 is 0 Å². The Balaban J connectivity index is 1.38. The summed E-state index contributed by atoms with van der Waals surface area (Å²) in [5.74, 6) is -0.328. The van der Waals surface area contributed by atoms with E-state index in [2.05, 4.69) is 15.0 Å². The maximum Gasteiger partial charge on any atom is 0.310 e. The summed E-state index contributed by atoms with van der Waals surface area (Å²) in [4.78, 5) is 26.3. The second kappa shape index (κ2) is 10.7. The summed E-state index contributed by atoms with van der Waals surface area (Å²) in [6.45, 7) is 0.972. The number of rotatable bonds is 7. The second-order valence-corrected chi connectivity index (χ2v) is 8.46. The molecule has 35 heavy (non-hydrogen) atoms. The third kappa shape index (κ3) is 5.84. The van der Waals surface area contributed by atoms with Crippen LogP contribution in [0.1, 0.15) is 15.9 Å². The molecule has 3 aromatic carbocycles. The number of methoxy groups -OCH3 is 1. The largest absolute Gasteiger partial charge is 0.490 e. The molecule has 0 aromatic heterocycles. The van der Waals surface area contributed by atoms with Gasteiger partial charge in [-0.05, 0) is 48.5 Å². The molecular formula is C26H24ClFN2O5. The number of nitrogens with zero attached hydrogens (tertiary/aromatic N) is 1. The third-order valence-electron chi connectivity index (χ3n) is 5.53. The first-order chi connectivity index (χ1) is 16.8. The van der Waals surface area contributed by atoms with E-state index in [1.54, 1.807) is 18.2 Å². The number of carbonyl (C=O) groups excluding carboxylic acids is 2. The Kier molecular flexibility index (Phi) is 7.41. The number of halogens is 2. The van der Waals surface area contributed by atoms with E-state index in [1.165, 1.54) is 25.3 Å². The van der Waals surface area contributed by atoms with Crippen LogP contribution in [0, 0.1) is 5.82 Å². The fourth-order valence-electron chi connectivity index (χ4n) is 3.75. The van der Waals surface area contributed by atoms with E-state index in [4.69, 9.17) is 21.1 Å². The minimum absolute atomic E-state index is 0.114. The highest BCUT2D eigenvalue weighted by Crippen LogP contribution is 2.32. The first-order valence-electron chi connectivity index (χ1n) is 10.9. The molecule has 0 aliphatic carbocycles. The number of hydrogen-bond acceptors (Lipinski definition) is 6. The van der Waals surface area contributed by atoms with E-state index < -0.39 is 17.7 Å². The fourth-order valence-corrected chi connectivity index (χ4v) is 4.01. The molecule has 0 bridgehead atoms. The Morgan fingerprint density at radius 3 is 2.74 bits per heavy atom. The zero-order chi connectivity index (χ0) is 24.9. The molecule has 7 nitrogen and oxygen atoms in total. The van der Waals surface area contributed by atoms with Gasteiger partial charge in [-0.15, -0.1) is 0 Å². The lowest BCUT2D eigenvalue weighted by molar-refractivity contribution is -0.139. The van der Waals surface area contributed by atoms with Crippen molar-refractivity contribution >= 4 is 34.9 Å². The monoisotopic (exact) mass is 498 g/mol. The predicted octanol–water partition coefficient (Wildman–Crippen LogP) is 4.72. The van der Waals surface area contributed by atoms with Crippen molar-refractivity contribution in [2.75, 3.05) is 37.5 Å². The summed E-state index contributed by atoms with van der Waals surface area (Å²) in [6.07, 6.45) is -0.417.